The number of aromatic nitrogens is 1. The van der Waals surface area contributed by atoms with Crippen LogP contribution < -0.4 is 10.1 Å². The van der Waals surface area contributed by atoms with Gasteiger partial charge in [-0.2, -0.15) is 0 Å². The molecule has 15 heavy (non-hydrogen) atoms. The van der Waals surface area contributed by atoms with Crippen molar-refractivity contribution in [2.45, 2.75) is 6.10 Å². The van der Waals surface area contributed by atoms with Crippen LogP contribution in [0.5, 0.6) is 5.88 Å². The lowest BCUT2D eigenvalue weighted by atomic mass is 10.3. The number of rotatable bonds is 3. The maximum Gasteiger partial charge on any atom is 0.213 e. The minimum absolute atomic E-state index is 0.108. The van der Waals surface area contributed by atoms with Crippen molar-refractivity contribution < 1.29 is 9.47 Å². The number of hydrogen-bond donors (Lipinski definition) is 1. The fourth-order valence-corrected chi connectivity index (χ4v) is 1.46. The smallest absolute Gasteiger partial charge is 0.213 e. The first-order valence-electron chi connectivity index (χ1n) is 4.91. The van der Waals surface area contributed by atoms with Gasteiger partial charge in [-0.25, -0.2) is 4.98 Å². The van der Waals surface area contributed by atoms with E-state index in [0.717, 1.165) is 19.7 Å². The molecule has 0 radical (unpaired) electrons. The molecule has 0 bridgehead atoms. The van der Waals surface area contributed by atoms with Gasteiger partial charge in [0.15, 0.2) is 0 Å². The highest BCUT2D eigenvalue weighted by molar-refractivity contribution is 6.30. The Morgan fingerprint density at radius 3 is 3.20 bits per heavy atom. The van der Waals surface area contributed by atoms with Crippen LogP contribution >= 0.6 is 11.6 Å². The maximum absolute atomic E-state index is 5.71. The third-order valence-corrected chi connectivity index (χ3v) is 2.35. The fourth-order valence-electron chi connectivity index (χ4n) is 1.35. The summed E-state index contributed by atoms with van der Waals surface area (Å²) in [4.78, 5) is 4.03. The summed E-state index contributed by atoms with van der Waals surface area (Å²) in [6.07, 6.45) is 1.67. The Morgan fingerprint density at radius 2 is 2.53 bits per heavy atom. The van der Waals surface area contributed by atoms with E-state index in [1.165, 1.54) is 0 Å². The summed E-state index contributed by atoms with van der Waals surface area (Å²) < 4.78 is 10.9. The minimum atomic E-state index is 0.108. The lowest BCUT2D eigenvalue weighted by Gasteiger charge is -2.23. The van der Waals surface area contributed by atoms with E-state index in [-0.39, 0.29) is 6.10 Å². The topological polar surface area (TPSA) is 43.4 Å². The van der Waals surface area contributed by atoms with E-state index >= 15 is 0 Å². The van der Waals surface area contributed by atoms with Gasteiger partial charge in [0.2, 0.25) is 5.88 Å². The quantitative estimate of drug-likeness (QED) is 0.842. The van der Waals surface area contributed by atoms with Gasteiger partial charge in [0.1, 0.15) is 12.7 Å². The summed E-state index contributed by atoms with van der Waals surface area (Å²) in [5.74, 6) is 0.577. The average Bonchev–Trinajstić information content (AvgIpc) is 2.30. The zero-order valence-electron chi connectivity index (χ0n) is 8.28. The van der Waals surface area contributed by atoms with Gasteiger partial charge >= 0.3 is 0 Å². The van der Waals surface area contributed by atoms with Crippen LogP contribution in [0.25, 0.3) is 0 Å². The summed E-state index contributed by atoms with van der Waals surface area (Å²) in [5.41, 5.74) is 0. The molecular weight excluding hydrogens is 216 g/mol. The van der Waals surface area contributed by atoms with E-state index < -0.39 is 0 Å². The maximum atomic E-state index is 5.71. The molecule has 5 heteroatoms. The highest BCUT2D eigenvalue weighted by atomic mass is 35.5. The molecule has 0 saturated carbocycles. The number of halogens is 1. The van der Waals surface area contributed by atoms with Crippen LogP contribution in [0.1, 0.15) is 0 Å². The van der Waals surface area contributed by atoms with Gasteiger partial charge in [-0.1, -0.05) is 11.6 Å². The van der Waals surface area contributed by atoms with Crippen LogP contribution in [0, 0.1) is 0 Å². The number of nitrogens with zero attached hydrogens (tertiary/aromatic N) is 1. The van der Waals surface area contributed by atoms with Crippen LogP contribution in [0.4, 0.5) is 0 Å². The molecule has 82 valence electrons. The van der Waals surface area contributed by atoms with Gasteiger partial charge in [0.25, 0.3) is 0 Å². The molecule has 1 aromatic rings. The molecule has 1 N–H and O–H groups in total. The predicted molar refractivity (Wildman–Crippen MR) is 57.4 cm³/mol. The summed E-state index contributed by atoms with van der Waals surface area (Å²) in [7, 11) is 0. The van der Waals surface area contributed by atoms with E-state index in [9.17, 15) is 0 Å². The molecule has 2 rings (SSSR count). The van der Waals surface area contributed by atoms with Crippen LogP contribution in [0.3, 0.4) is 0 Å². The lowest BCUT2D eigenvalue weighted by Crippen LogP contribution is -2.41. The number of nitrogens with one attached hydrogen (secondary N) is 1. The summed E-state index contributed by atoms with van der Waals surface area (Å²) in [5, 5.41) is 3.84. The molecular formula is C10H13ClN2O2. The summed E-state index contributed by atoms with van der Waals surface area (Å²) in [6.45, 7) is 2.99. The van der Waals surface area contributed by atoms with E-state index in [4.69, 9.17) is 21.1 Å². The van der Waals surface area contributed by atoms with Crippen molar-refractivity contribution in [3.63, 3.8) is 0 Å². The second-order valence-corrected chi connectivity index (χ2v) is 3.76. The summed E-state index contributed by atoms with van der Waals surface area (Å²) in [6, 6.07) is 3.50. The van der Waals surface area contributed by atoms with Crippen LogP contribution in [0.15, 0.2) is 18.3 Å². The molecule has 1 saturated heterocycles. The highest BCUT2D eigenvalue weighted by Gasteiger charge is 2.13. The van der Waals surface area contributed by atoms with Gasteiger partial charge in [-0.3, -0.25) is 0 Å². The first-order valence-corrected chi connectivity index (χ1v) is 5.29. The SMILES string of the molecule is Clc1ccc(OCC2CNCCO2)nc1. The van der Waals surface area contributed by atoms with Crippen molar-refractivity contribution in [2.75, 3.05) is 26.3 Å². The highest BCUT2D eigenvalue weighted by Crippen LogP contribution is 2.12. The molecule has 0 aromatic carbocycles. The number of morpholine rings is 1. The Labute approximate surface area is 93.6 Å². The molecule has 0 amide bonds. The van der Waals surface area contributed by atoms with Gasteiger partial charge in [-0.15, -0.1) is 0 Å². The average molecular weight is 229 g/mol. The lowest BCUT2D eigenvalue weighted by molar-refractivity contribution is -0.000738. The largest absolute Gasteiger partial charge is 0.475 e. The third-order valence-electron chi connectivity index (χ3n) is 2.12. The molecule has 4 nitrogen and oxygen atoms in total. The zero-order valence-corrected chi connectivity index (χ0v) is 9.04. The van der Waals surface area contributed by atoms with Crippen LogP contribution in [0.2, 0.25) is 5.02 Å². The second-order valence-electron chi connectivity index (χ2n) is 3.32. The molecule has 0 spiro atoms. The molecule has 2 heterocycles. The minimum Gasteiger partial charge on any atom is -0.475 e. The third kappa shape index (κ3) is 3.34. The standard InChI is InChI=1S/C10H13ClN2O2/c11-8-1-2-10(13-5-8)15-7-9-6-12-3-4-14-9/h1-2,5,9,12H,3-4,6-7H2. The Morgan fingerprint density at radius 1 is 1.60 bits per heavy atom. The van der Waals surface area contributed by atoms with E-state index in [2.05, 4.69) is 10.3 Å². The molecule has 1 aliphatic heterocycles. The summed E-state index contributed by atoms with van der Waals surface area (Å²) >= 11 is 5.71. The Bertz CT molecular complexity index is 299. The molecule has 0 aliphatic carbocycles. The monoisotopic (exact) mass is 228 g/mol. The normalized spacial score (nSPS) is 21.3. The van der Waals surface area contributed by atoms with Crippen molar-refractivity contribution in [1.29, 1.82) is 0 Å². The van der Waals surface area contributed by atoms with Crippen molar-refractivity contribution in [1.82, 2.24) is 10.3 Å². The van der Waals surface area contributed by atoms with Crippen LogP contribution in [-0.4, -0.2) is 37.4 Å². The number of pyridine rings is 1. The van der Waals surface area contributed by atoms with Gasteiger partial charge < -0.3 is 14.8 Å². The van der Waals surface area contributed by atoms with E-state index in [1.807, 2.05) is 0 Å². The molecule has 1 aliphatic rings. The Balaban J connectivity index is 1.79. The Kier molecular flexibility index (Phi) is 3.77. The Hall–Kier alpha value is -0.840. The van der Waals surface area contributed by atoms with Crippen molar-refractivity contribution >= 4 is 11.6 Å². The molecule has 1 aromatic heterocycles. The number of ether oxygens (including phenoxy) is 2. The number of hydrogen-bond acceptors (Lipinski definition) is 4. The van der Waals surface area contributed by atoms with Crippen molar-refractivity contribution in [3.05, 3.63) is 23.4 Å². The first kappa shape index (κ1) is 10.7. The predicted octanol–water partition coefficient (Wildman–Crippen LogP) is 1.10. The van der Waals surface area contributed by atoms with Crippen molar-refractivity contribution in [3.8, 4) is 5.88 Å². The fraction of sp³-hybridized carbons (Fsp3) is 0.500. The molecule has 1 unspecified atom stereocenters. The second kappa shape index (κ2) is 5.30. The molecule has 1 atom stereocenters. The molecule has 1 fully saturated rings. The van der Waals surface area contributed by atoms with E-state index in [1.54, 1.807) is 18.3 Å². The van der Waals surface area contributed by atoms with Crippen LogP contribution in [-0.2, 0) is 4.74 Å². The van der Waals surface area contributed by atoms with E-state index in [0.29, 0.717) is 17.5 Å². The first-order chi connectivity index (χ1) is 7.34. The van der Waals surface area contributed by atoms with Gasteiger partial charge in [0.05, 0.1) is 11.6 Å². The van der Waals surface area contributed by atoms with Crippen molar-refractivity contribution in [2.24, 2.45) is 0 Å². The van der Waals surface area contributed by atoms with Gasteiger partial charge in [0, 0.05) is 25.4 Å². The zero-order chi connectivity index (χ0) is 10.5. The van der Waals surface area contributed by atoms with Gasteiger partial charge in [-0.05, 0) is 6.07 Å².